The van der Waals surface area contributed by atoms with Crippen LogP contribution >= 0.6 is 0 Å². The third kappa shape index (κ3) is 3.41. The monoisotopic (exact) mass is 217 g/mol. The lowest BCUT2D eigenvalue weighted by Gasteiger charge is -2.19. The molecule has 0 aliphatic heterocycles. The Hall–Kier alpha value is -1.79. The Morgan fingerprint density at radius 3 is 2.69 bits per heavy atom. The summed E-state index contributed by atoms with van der Waals surface area (Å²) in [5.74, 6) is 1.88. The first-order valence-electron chi connectivity index (χ1n) is 5.00. The van der Waals surface area contributed by atoms with E-state index in [1.54, 1.807) is 6.92 Å². The number of carbonyl (C=O) groups excluding carboxylic acids is 1. The molecule has 16 heavy (non-hydrogen) atoms. The number of terminal acetylenes is 1. The van der Waals surface area contributed by atoms with E-state index < -0.39 is 11.5 Å². The molecule has 3 nitrogen and oxygen atoms in total. The van der Waals surface area contributed by atoms with Crippen LogP contribution in [0.3, 0.4) is 0 Å². The minimum Gasteiger partial charge on any atom is -0.459 e. The SMILES string of the molecule is C#CC[C@](C)(N)C(=O)OCc1ccccc1. The fourth-order valence-corrected chi connectivity index (χ4v) is 1.17. The molecule has 0 amide bonds. The van der Waals surface area contributed by atoms with Gasteiger partial charge >= 0.3 is 5.97 Å². The molecule has 0 aliphatic carbocycles. The molecule has 0 fully saturated rings. The maximum Gasteiger partial charge on any atom is 0.327 e. The first-order valence-corrected chi connectivity index (χ1v) is 5.00. The zero-order valence-electron chi connectivity index (χ0n) is 9.27. The molecule has 0 heterocycles. The molecule has 3 heteroatoms. The van der Waals surface area contributed by atoms with E-state index in [0.29, 0.717) is 0 Å². The summed E-state index contributed by atoms with van der Waals surface area (Å²) >= 11 is 0. The van der Waals surface area contributed by atoms with Gasteiger partial charge in [-0.05, 0) is 12.5 Å². The van der Waals surface area contributed by atoms with Crippen molar-refractivity contribution < 1.29 is 9.53 Å². The van der Waals surface area contributed by atoms with Gasteiger partial charge in [-0.25, -0.2) is 0 Å². The third-order valence-corrected chi connectivity index (χ3v) is 2.15. The molecule has 0 radical (unpaired) electrons. The van der Waals surface area contributed by atoms with Gasteiger partial charge in [-0.3, -0.25) is 4.79 Å². The van der Waals surface area contributed by atoms with Gasteiger partial charge in [-0.1, -0.05) is 30.3 Å². The van der Waals surface area contributed by atoms with Crippen LogP contribution in [-0.2, 0) is 16.1 Å². The predicted octanol–water partition coefficient (Wildman–Crippen LogP) is 1.47. The topological polar surface area (TPSA) is 52.3 Å². The fraction of sp³-hybridized carbons (Fsp3) is 0.308. The minimum absolute atomic E-state index is 0.167. The van der Waals surface area contributed by atoms with E-state index in [4.69, 9.17) is 16.9 Å². The lowest BCUT2D eigenvalue weighted by molar-refractivity contribution is -0.150. The summed E-state index contributed by atoms with van der Waals surface area (Å²) in [5, 5.41) is 0. The molecule has 1 atom stereocenters. The predicted molar refractivity (Wildman–Crippen MR) is 62.3 cm³/mol. The number of hydrogen-bond acceptors (Lipinski definition) is 3. The normalized spacial score (nSPS) is 13.6. The van der Waals surface area contributed by atoms with Crippen LogP contribution in [0.1, 0.15) is 18.9 Å². The van der Waals surface area contributed by atoms with E-state index >= 15 is 0 Å². The molecule has 84 valence electrons. The molecule has 1 aromatic carbocycles. The van der Waals surface area contributed by atoms with Gasteiger partial charge in [0.25, 0.3) is 0 Å². The molecule has 0 unspecified atom stereocenters. The number of rotatable bonds is 4. The van der Waals surface area contributed by atoms with E-state index in [1.807, 2.05) is 30.3 Å². The summed E-state index contributed by atoms with van der Waals surface area (Å²) in [5.41, 5.74) is 5.53. The average Bonchev–Trinajstić information content (AvgIpc) is 2.27. The van der Waals surface area contributed by atoms with E-state index in [1.165, 1.54) is 0 Å². The highest BCUT2D eigenvalue weighted by molar-refractivity contribution is 5.80. The van der Waals surface area contributed by atoms with E-state index in [-0.39, 0.29) is 13.0 Å². The molecule has 0 spiro atoms. The Bertz CT molecular complexity index is 390. The lowest BCUT2D eigenvalue weighted by Crippen LogP contribution is -2.45. The van der Waals surface area contributed by atoms with Crippen LogP contribution in [-0.4, -0.2) is 11.5 Å². The van der Waals surface area contributed by atoms with Crippen molar-refractivity contribution in [2.75, 3.05) is 0 Å². The second-order valence-corrected chi connectivity index (χ2v) is 3.86. The maximum absolute atomic E-state index is 11.6. The Kier molecular flexibility index (Phi) is 4.10. The summed E-state index contributed by atoms with van der Waals surface area (Å²) < 4.78 is 5.09. The molecule has 0 saturated carbocycles. The van der Waals surface area contributed by atoms with Crippen LogP contribution in [0.15, 0.2) is 30.3 Å². The number of nitrogens with two attached hydrogens (primary N) is 1. The molecule has 0 aliphatic rings. The second kappa shape index (κ2) is 5.34. The van der Waals surface area contributed by atoms with Crippen molar-refractivity contribution in [1.82, 2.24) is 0 Å². The Labute approximate surface area is 95.6 Å². The quantitative estimate of drug-likeness (QED) is 0.613. The van der Waals surface area contributed by atoms with Gasteiger partial charge in [0.05, 0.1) is 0 Å². The maximum atomic E-state index is 11.6. The average molecular weight is 217 g/mol. The Morgan fingerprint density at radius 2 is 2.12 bits per heavy atom. The van der Waals surface area contributed by atoms with Gasteiger partial charge in [-0.2, -0.15) is 0 Å². The minimum atomic E-state index is -1.11. The van der Waals surface area contributed by atoms with Gasteiger partial charge < -0.3 is 10.5 Å². The van der Waals surface area contributed by atoms with Crippen molar-refractivity contribution in [1.29, 1.82) is 0 Å². The summed E-state index contributed by atoms with van der Waals surface area (Å²) in [4.78, 5) is 11.6. The van der Waals surface area contributed by atoms with Crippen molar-refractivity contribution >= 4 is 5.97 Å². The van der Waals surface area contributed by atoms with Crippen LogP contribution in [0.2, 0.25) is 0 Å². The van der Waals surface area contributed by atoms with E-state index in [0.717, 1.165) is 5.56 Å². The second-order valence-electron chi connectivity index (χ2n) is 3.86. The van der Waals surface area contributed by atoms with Gasteiger partial charge in [-0.15, -0.1) is 12.3 Å². The zero-order valence-corrected chi connectivity index (χ0v) is 9.27. The zero-order chi connectivity index (χ0) is 12.0. The van der Waals surface area contributed by atoms with Crippen molar-refractivity contribution in [3.8, 4) is 12.3 Å². The molecular formula is C13H15NO2. The number of benzene rings is 1. The van der Waals surface area contributed by atoms with E-state index in [9.17, 15) is 4.79 Å². The number of hydrogen-bond donors (Lipinski definition) is 1. The van der Waals surface area contributed by atoms with Crippen LogP contribution in [0, 0.1) is 12.3 Å². The van der Waals surface area contributed by atoms with Crippen molar-refractivity contribution in [3.63, 3.8) is 0 Å². The van der Waals surface area contributed by atoms with E-state index in [2.05, 4.69) is 5.92 Å². The molecular weight excluding hydrogens is 202 g/mol. The van der Waals surface area contributed by atoms with Crippen LogP contribution in [0.25, 0.3) is 0 Å². The Balaban J connectivity index is 2.51. The standard InChI is InChI=1S/C13H15NO2/c1-3-9-13(2,14)12(15)16-10-11-7-5-4-6-8-11/h1,4-8H,9-10,14H2,2H3/t13-/m0/s1. The molecule has 0 bridgehead atoms. The first-order chi connectivity index (χ1) is 7.56. The summed E-state index contributed by atoms with van der Waals surface area (Å²) in [7, 11) is 0. The summed E-state index contributed by atoms with van der Waals surface area (Å²) in [6, 6.07) is 9.42. The highest BCUT2D eigenvalue weighted by Gasteiger charge is 2.28. The molecule has 2 N–H and O–H groups in total. The van der Waals surface area contributed by atoms with Gasteiger partial charge in [0, 0.05) is 6.42 Å². The molecule has 0 aromatic heterocycles. The van der Waals surface area contributed by atoms with Crippen molar-refractivity contribution in [3.05, 3.63) is 35.9 Å². The summed E-state index contributed by atoms with van der Waals surface area (Å²) in [6.07, 6.45) is 5.29. The molecule has 1 aromatic rings. The number of ether oxygens (including phenoxy) is 1. The smallest absolute Gasteiger partial charge is 0.327 e. The van der Waals surface area contributed by atoms with Gasteiger partial charge in [0.2, 0.25) is 0 Å². The largest absolute Gasteiger partial charge is 0.459 e. The van der Waals surface area contributed by atoms with Gasteiger partial charge in [0.1, 0.15) is 12.1 Å². The van der Waals surface area contributed by atoms with Crippen LogP contribution in [0.4, 0.5) is 0 Å². The number of esters is 1. The fourth-order valence-electron chi connectivity index (χ4n) is 1.17. The van der Waals surface area contributed by atoms with Crippen molar-refractivity contribution in [2.24, 2.45) is 5.73 Å². The summed E-state index contributed by atoms with van der Waals surface area (Å²) in [6.45, 7) is 1.79. The van der Waals surface area contributed by atoms with Crippen LogP contribution in [0.5, 0.6) is 0 Å². The first kappa shape index (κ1) is 12.3. The van der Waals surface area contributed by atoms with Crippen LogP contribution < -0.4 is 5.73 Å². The Morgan fingerprint density at radius 1 is 1.50 bits per heavy atom. The third-order valence-electron chi connectivity index (χ3n) is 2.15. The number of carbonyl (C=O) groups is 1. The lowest BCUT2D eigenvalue weighted by atomic mass is 10.0. The van der Waals surface area contributed by atoms with Gasteiger partial charge in [0.15, 0.2) is 0 Å². The highest BCUT2D eigenvalue weighted by Crippen LogP contribution is 2.09. The van der Waals surface area contributed by atoms with Crippen molar-refractivity contribution in [2.45, 2.75) is 25.5 Å². The highest BCUT2D eigenvalue weighted by atomic mass is 16.5. The molecule has 1 rings (SSSR count). The molecule has 0 saturated heterocycles.